The molecule has 9 atom stereocenters. The van der Waals surface area contributed by atoms with E-state index in [0.717, 1.165) is 25.0 Å². The SMILES string of the molecule is CC(=O)OC[C@H]1O[C@H](C/C=C/c2ccc(/C=C/C[C@H]3O[C@H](COC(C)=O)[C@@H](OC(C)=O)C[C@@H]3OC(C)=O)cc2)[C@@H](OC(C)=O)[C@@H](OC(C)=O)[C@@H]1OC(C)=O. The van der Waals surface area contributed by atoms with Crippen molar-refractivity contribution in [2.24, 2.45) is 0 Å². The lowest BCUT2D eigenvalue weighted by Crippen LogP contribution is -2.62. The summed E-state index contributed by atoms with van der Waals surface area (Å²) in [7, 11) is 0. The van der Waals surface area contributed by atoms with Crippen LogP contribution in [0.5, 0.6) is 0 Å². The molecule has 3 rings (SSSR count). The Kier molecular flexibility index (Phi) is 16.8. The fourth-order valence-electron chi connectivity index (χ4n) is 6.06. The summed E-state index contributed by atoms with van der Waals surface area (Å²) in [4.78, 5) is 82.7. The molecule has 296 valence electrons. The first-order valence-corrected chi connectivity index (χ1v) is 17.4. The quantitative estimate of drug-likeness (QED) is 0.186. The second kappa shape index (κ2) is 21.0. The van der Waals surface area contributed by atoms with Gasteiger partial charge in [0.15, 0.2) is 18.3 Å². The predicted octanol–water partition coefficient (Wildman–Crippen LogP) is 3.20. The molecule has 0 saturated carbocycles. The molecule has 1 aromatic rings. The van der Waals surface area contributed by atoms with Gasteiger partial charge in [0.1, 0.15) is 43.7 Å². The van der Waals surface area contributed by atoms with Gasteiger partial charge in [0, 0.05) is 54.9 Å². The fourth-order valence-corrected chi connectivity index (χ4v) is 6.06. The fraction of sp³-hybridized carbons (Fsp3) is 0.553. The lowest BCUT2D eigenvalue weighted by atomic mass is 9.92. The molecule has 0 amide bonds. The van der Waals surface area contributed by atoms with Gasteiger partial charge in [0.2, 0.25) is 0 Å². The van der Waals surface area contributed by atoms with Crippen molar-refractivity contribution in [2.45, 2.75) is 123 Å². The van der Waals surface area contributed by atoms with Crippen molar-refractivity contribution >= 4 is 53.9 Å². The van der Waals surface area contributed by atoms with E-state index < -0.39 is 96.7 Å². The highest BCUT2D eigenvalue weighted by molar-refractivity contribution is 5.69. The van der Waals surface area contributed by atoms with Gasteiger partial charge in [-0.25, -0.2) is 0 Å². The van der Waals surface area contributed by atoms with Gasteiger partial charge in [0.05, 0.1) is 6.10 Å². The van der Waals surface area contributed by atoms with Crippen molar-refractivity contribution < 1.29 is 76.2 Å². The van der Waals surface area contributed by atoms with Gasteiger partial charge in [-0.2, -0.15) is 0 Å². The van der Waals surface area contributed by atoms with Crippen LogP contribution < -0.4 is 0 Å². The summed E-state index contributed by atoms with van der Waals surface area (Å²) >= 11 is 0. The van der Waals surface area contributed by atoms with Crippen LogP contribution in [0.3, 0.4) is 0 Å². The monoisotopic (exact) mass is 760 g/mol. The van der Waals surface area contributed by atoms with Crippen molar-refractivity contribution in [2.75, 3.05) is 13.2 Å². The lowest BCUT2D eigenvalue weighted by Gasteiger charge is -2.44. The highest BCUT2D eigenvalue weighted by atomic mass is 16.7. The van der Waals surface area contributed by atoms with E-state index in [1.54, 1.807) is 6.08 Å². The molecule has 0 radical (unpaired) electrons. The minimum Gasteiger partial charge on any atom is -0.463 e. The number of ether oxygens (including phenoxy) is 9. The molecule has 2 aliphatic rings. The van der Waals surface area contributed by atoms with Crippen LogP contribution in [0.4, 0.5) is 0 Å². The molecular weight excluding hydrogens is 712 g/mol. The van der Waals surface area contributed by atoms with Crippen molar-refractivity contribution in [3.8, 4) is 0 Å². The van der Waals surface area contributed by atoms with Crippen LogP contribution >= 0.6 is 0 Å². The average Bonchev–Trinajstić information content (AvgIpc) is 3.06. The highest BCUT2D eigenvalue weighted by Gasteiger charge is 2.51. The summed E-state index contributed by atoms with van der Waals surface area (Å²) in [6.45, 7) is 8.05. The minimum absolute atomic E-state index is 0.136. The van der Waals surface area contributed by atoms with E-state index in [1.165, 1.54) is 34.6 Å². The third kappa shape index (κ3) is 14.4. The summed E-state index contributed by atoms with van der Waals surface area (Å²) in [5, 5.41) is 0. The van der Waals surface area contributed by atoms with Gasteiger partial charge in [-0.15, -0.1) is 0 Å². The highest BCUT2D eigenvalue weighted by Crippen LogP contribution is 2.32. The third-order valence-corrected chi connectivity index (χ3v) is 8.11. The zero-order valence-electron chi connectivity index (χ0n) is 31.4. The molecule has 0 unspecified atom stereocenters. The standard InChI is InChI=1S/C38H48O16/c1-21(39)46-19-34-33(49-24(4)42)18-32(48-23(3)41)30(53-34)12-8-10-28-14-16-29(17-15-28)11-9-13-31-36(50-25(5)43)38(52-27(7)45)37(51-26(6)44)35(54-31)20-47-22(2)40/h8-11,14-17,30-38H,12-13,18-20H2,1-7H3/b10-8+,11-9+/t30-,31-,32+,33+,34-,35-,36-,37-,38-/m1/s1. The summed E-state index contributed by atoms with van der Waals surface area (Å²) < 4.78 is 49.8. The predicted molar refractivity (Wildman–Crippen MR) is 187 cm³/mol. The van der Waals surface area contributed by atoms with E-state index in [9.17, 15) is 33.6 Å². The first-order chi connectivity index (χ1) is 25.5. The second-order valence-corrected chi connectivity index (χ2v) is 12.7. The topological polar surface area (TPSA) is 203 Å². The maximum absolute atomic E-state index is 12.1. The molecular formula is C38H48O16. The van der Waals surface area contributed by atoms with Crippen molar-refractivity contribution in [1.29, 1.82) is 0 Å². The largest absolute Gasteiger partial charge is 0.463 e. The van der Waals surface area contributed by atoms with E-state index in [-0.39, 0.29) is 26.1 Å². The average molecular weight is 761 g/mol. The molecule has 2 saturated heterocycles. The molecule has 1 aromatic carbocycles. The van der Waals surface area contributed by atoms with E-state index in [2.05, 4.69) is 0 Å². The first kappa shape index (κ1) is 43.3. The second-order valence-electron chi connectivity index (χ2n) is 12.7. The summed E-state index contributed by atoms with van der Waals surface area (Å²) in [5.74, 6) is -4.28. The van der Waals surface area contributed by atoms with Crippen LogP contribution in [0.25, 0.3) is 12.2 Å². The van der Waals surface area contributed by atoms with Gasteiger partial charge >= 0.3 is 41.8 Å². The molecule has 0 aliphatic carbocycles. The Bertz CT molecular complexity index is 1550. The Labute approximate surface area is 313 Å². The number of benzene rings is 1. The zero-order valence-corrected chi connectivity index (χ0v) is 31.4. The molecule has 2 aliphatic heterocycles. The Balaban J connectivity index is 1.73. The first-order valence-electron chi connectivity index (χ1n) is 17.4. The van der Waals surface area contributed by atoms with Crippen LogP contribution in [-0.4, -0.2) is 110 Å². The number of hydrogen-bond donors (Lipinski definition) is 0. The molecule has 0 N–H and O–H groups in total. The maximum Gasteiger partial charge on any atom is 0.303 e. The molecule has 54 heavy (non-hydrogen) atoms. The number of esters is 7. The van der Waals surface area contributed by atoms with Crippen molar-refractivity contribution in [3.05, 3.63) is 47.5 Å². The Hall–Kier alpha value is -5.09. The minimum atomic E-state index is -1.24. The van der Waals surface area contributed by atoms with Gasteiger partial charge in [-0.3, -0.25) is 33.6 Å². The van der Waals surface area contributed by atoms with Gasteiger partial charge in [-0.05, 0) is 24.0 Å². The van der Waals surface area contributed by atoms with E-state index >= 15 is 0 Å². The number of carbonyl (C=O) groups excluding carboxylic acids is 7. The van der Waals surface area contributed by atoms with Crippen LogP contribution in [0.15, 0.2) is 36.4 Å². The van der Waals surface area contributed by atoms with Crippen LogP contribution in [0.2, 0.25) is 0 Å². The summed E-state index contributed by atoms with van der Waals surface area (Å²) in [6, 6.07) is 7.47. The number of hydrogen-bond acceptors (Lipinski definition) is 16. The van der Waals surface area contributed by atoms with Gasteiger partial charge in [0.25, 0.3) is 0 Å². The van der Waals surface area contributed by atoms with Crippen LogP contribution in [0.1, 0.15) is 78.9 Å². The smallest absolute Gasteiger partial charge is 0.303 e. The summed E-state index contributed by atoms with van der Waals surface area (Å²) in [6.07, 6.45) is -0.402. The van der Waals surface area contributed by atoms with E-state index in [0.29, 0.717) is 6.42 Å². The molecule has 0 aromatic heterocycles. The Morgan fingerprint density at radius 3 is 1.31 bits per heavy atom. The zero-order chi connectivity index (χ0) is 39.9. The molecule has 2 heterocycles. The van der Waals surface area contributed by atoms with Crippen LogP contribution in [-0.2, 0) is 76.2 Å². The van der Waals surface area contributed by atoms with Crippen LogP contribution in [0, 0.1) is 0 Å². The summed E-state index contributed by atoms with van der Waals surface area (Å²) in [5.41, 5.74) is 1.66. The molecule has 16 nitrogen and oxygen atoms in total. The van der Waals surface area contributed by atoms with E-state index in [1.807, 2.05) is 42.5 Å². The Morgan fingerprint density at radius 1 is 0.500 bits per heavy atom. The lowest BCUT2D eigenvalue weighted by molar-refractivity contribution is -0.251. The number of carbonyl (C=O) groups is 7. The molecule has 2 fully saturated rings. The third-order valence-electron chi connectivity index (χ3n) is 8.11. The number of rotatable bonds is 15. The normalized spacial score (nSPS) is 26.7. The van der Waals surface area contributed by atoms with Crippen molar-refractivity contribution in [3.63, 3.8) is 0 Å². The maximum atomic E-state index is 12.1. The van der Waals surface area contributed by atoms with E-state index in [4.69, 9.17) is 42.6 Å². The molecule has 0 spiro atoms. The Morgan fingerprint density at radius 2 is 0.870 bits per heavy atom. The van der Waals surface area contributed by atoms with Gasteiger partial charge in [-0.1, -0.05) is 48.6 Å². The van der Waals surface area contributed by atoms with Crippen molar-refractivity contribution in [1.82, 2.24) is 0 Å². The molecule has 0 bridgehead atoms. The van der Waals surface area contributed by atoms with Gasteiger partial charge < -0.3 is 42.6 Å². The molecule has 16 heteroatoms.